The van der Waals surface area contributed by atoms with Crippen molar-refractivity contribution in [1.29, 1.82) is 0 Å². The molecule has 20 heavy (non-hydrogen) atoms. The van der Waals surface area contributed by atoms with Crippen LogP contribution in [0.15, 0.2) is 40.6 Å². The lowest BCUT2D eigenvalue weighted by atomic mass is 9.86. The molecule has 2 rings (SSSR count). The van der Waals surface area contributed by atoms with Gasteiger partial charge >= 0.3 is 0 Å². The maximum absolute atomic E-state index is 11.9. The predicted molar refractivity (Wildman–Crippen MR) is 79.1 cm³/mol. The fraction of sp³-hybridized carbons (Fsp3) is 0.438. The van der Waals surface area contributed by atoms with Gasteiger partial charge in [-0.15, -0.1) is 0 Å². The fourth-order valence-electron chi connectivity index (χ4n) is 2.15. The molecule has 4 heteroatoms. The molecule has 0 bridgehead atoms. The Balaban J connectivity index is 2.30. The Morgan fingerprint density at radius 3 is 2.65 bits per heavy atom. The van der Waals surface area contributed by atoms with E-state index in [0.717, 1.165) is 17.7 Å². The molecule has 2 aliphatic rings. The third kappa shape index (κ3) is 2.95. The first-order valence-electron chi connectivity index (χ1n) is 6.85. The summed E-state index contributed by atoms with van der Waals surface area (Å²) < 4.78 is 0. The van der Waals surface area contributed by atoms with Crippen molar-refractivity contribution >= 4 is 17.5 Å². The number of carbonyl (C=O) groups excluding carboxylic acids is 2. The minimum absolute atomic E-state index is 0.0985. The first-order chi connectivity index (χ1) is 9.31. The van der Waals surface area contributed by atoms with E-state index < -0.39 is 5.41 Å². The largest absolute Gasteiger partial charge is 0.325 e. The summed E-state index contributed by atoms with van der Waals surface area (Å²) in [6.45, 7) is 7.54. The summed E-state index contributed by atoms with van der Waals surface area (Å²) in [7, 11) is 0. The molecule has 1 atom stereocenters. The second kappa shape index (κ2) is 5.19. The summed E-state index contributed by atoms with van der Waals surface area (Å²) in [6.07, 6.45) is 8.09. The number of carbonyl (C=O) groups is 2. The van der Waals surface area contributed by atoms with Crippen LogP contribution in [-0.2, 0) is 9.59 Å². The summed E-state index contributed by atoms with van der Waals surface area (Å²) in [4.78, 5) is 27.7. The van der Waals surface area contributed by atoms with Crippen LogP contribution in [0.25, 0.3) is 0 Å². The van der Waals surface area contributed by atoms with E-state index in [9.17, 15) is 9.59 Å². The van der Waals surface area contributed by atoms with E-state index in [1.807, 2.05) is 39.8 Å². The van der Waals surface area contributed by atoms with Crippen LogP contribution in [0.5, 0.6) is 0 Å². The van der Waals surface area contributed by atoms with Crippen LogP contribution in [0, 0.1) is 11.3 Å². The molecule has 106 valence electrons. The van der Waals surface area contributed by atoms with Crippen molar-refractivity contribution in [2.24, 2.45) is 16.3 Å². The van der Waals surface area contributed by atoms with Crippen molar-refractivity contribution in [2.75, 3.05) is 0 Å². The molecule has 1 N–H and O–H groups in total. The molecular formula is C16H20N2O2. The van der Waals surface area contributed by atoms with Gasteiger partial charge in [0.25, 0.3) is 5.91 Å². The van der Waals surface area contributed by atoms with E-state index in [1.54, 1.807) is 12.2 Å². The first-order valence-corrected chi connectivity index (χ1v) is 6.85. The maximum atomic E-state index is 11.9. The molecule has 0 saturated carbocycles. The number of amides is 2. The lowest BCUT2D eigenvalue weighted by Crippen LogP contribution is -2.33. The zero-order valence-corrected chi connectivity index (χ0v) is 12.4. The molecule has 0 fully saturated rings. The predicted octanol–water partition coefficient (Wildman–Crippen LogP) is 2.54. The first kappa shape index (κ1) is 14.4. The van der Waals surface area contributed by atoms with E-state index in [0.29, 0.717) is 5.71 Å². The Kier molecular flexibility index (Phi) is 3.75. The van der Waals surface area contributed by atoms with Crippen LogP contribution >= 0.6 is 0 Å². The molecule has 0 spiro atoms. The van der Waals surface area contributed by atoms with Gasteiger partial charge in [-0.1, -0.05) is 39.3 Å². The van der Waals surface area contributed by atoms with Gasteiger partial charge in [-0.25, -0.2) is 4.99 Å². The van der Waals surface area contributed by atoms with Crippen LogP contribution in [0.4, 0.5) is 0 Å². The minimum atomic E-state index is -0.500. The van der Waals surface area contributed by atoms with Crippen LogP contribution in [0.3, 0.4) is 0 Å². The van der Waals surface area contributed by atoms with Crippen molar-refractivity contribution in [2.45, 2.75) is 34.1 Å². The van der Waals surface area contributed by atoms with E-state index in [2.05, 4.69) is 10.3 Å². The van der Waals surface area contributed by atoms with Gasteiger partial charge in [-0.2, -0.15) is 0 Å². The molecular weight excluding hydrogens is 252 g/mol. The van der Waals surface area contributed by atoms with Crippen molar-refractivity contribution in [3.63, 3.8) is 0 Å². The number of hydrogen-bond acceptors (Lipinski definition) is 2. The second-order valence-corrected chi connectivity index (χ2v) is 6.09. The van der Waals surface area contributed by atoms with Gasteiger partial charge in [0.15, 0.2) is 0 Å². The standard InChI is InChI=1S/C16H20N2O2/c1-5-10-8-14(19)18-13-9-11(6-7-12(10)13)17-15(20)16(2,3)4/h6-9,12H,5H2,1-4H3,(H,18,19). The zero-order chi connectivity index (χ0) is 14.9. The van der Waals surface area contributed by atoms with Crippen LogP contribution in [0.1, 0.15) is 34.1 Å². The minimum Gasteiger partial charge on any atom is -0.325 e. The molecule has 0 aromatic heterocycles. The second-order valence-electron chi connectivity index (χ2n) is 6.09. The molecule has 0 radical (unpaired) electrons. The molecule has 4 nitrogen and oxygen atoms in total. The molecule has 0 aromatic carbocycles. The quantitative estimate of drug-likeness (QED) is 0.797. The van der Waals surface area contributed by atoms with Crippen LogP contribution in [-0.4, -0.2) is 17.5 Å². The Bertz CT molecular complexity index is 572. The molecule has 1 unspecified atom stereocenters. The average Bonchev–Trinajstić information content (AvgIpc) is 2.36. The highest BCUT2D eigenvalue weighted by Gasteiger charge is 2.26. The Morgan fingerprint density at radius 2 is 2.05 bits per heavy atom. The highest BCUT2D eigenvalue weighted by Crippen LogP contribution is 2.29. The molecule has 0 aromatic rings. The monoisotopic (exact) mass is 272 g/mol. The highest BCUT2D eigenvalue weighted by atomic mass is 16.2. The van der Waals surface area contributed by atoms with Gasteiger partial charge < -0.3 is 5.32 Å². The Hall–Kier alpha value is -1.97. The third-order valence-corrected chi connectivity index (χ3v) is 3.36. The lowest BCUT2D eigenvalue weighted by molar-refractivity contribution is -0.124. The Labute approximate surface area is 119 Å². The summed E-state index contributed by atoms with van der Waals surface area (Å²) in [6, 6.07) is 0. The third-order valence-electron chi connectivity index (χ3n) is 3.36. The fourth-order valence-corrected chi connectivity index (χ4v) is 2.15. The summed E-state index contributed by atoms with van der Waals surface area (Å²) in [5, 5.41) is 2.83. The number of nitrogens with zero attached hydrogens (tertiary/aromatic N) is 1. The lowest BCUT2D eigenvalue weighted by Gasteiger charge is -2.27. The van der Waals surface area contributed by atoms with Gasteiger partial charge in [0.2, 0.25) is 5.91 Å². The molecule has 0 saturated heterocycles. The normalized spacial score (nSPS) is 23.9. The average molecular weight is 272 g/mol. The number of aliphatic imine (C=N–C) groups is 1. The van der Waals surface area contributed by atoms with Crippen molar-refractivity contribution in [3.05, 3.63) is 35.6 Å². The summed E-state index contributed by atoms with van der Waals surface area (Å²) in [5.41, 5.74) is 1.98. The number of nitrogens with one attached hydrogen (secondary N) is 1. The van der Waals surface area contributed by atoms with Crippen LogP contribution in [0.2, 0.25) is 0 Å². The molecule has 1 aliphatic heterocycles. The van der Waals surface area contributed by atoms with Crippen molar-refractivity contribution in [1.82, 2.24) is 5.32 Å². The van der Waals surface area contributed by atoms with Gasteiger partial charge in [0.1, 0.15) is 0 Å². The SMILES string of the molecule is CCC1=CC(=O)NC2=CC(=NC(=O)C(C)(C)C)C=CC12. The van der Waals surface area contributed by atoms with E-state index in [-0.39, 0.29) is 17.7 Å². The van der Waals surface area contributed by atoms with Gasteiger partial charge in [0, 0.05) is 23.1 Å². The molecule has 2 amide bonds. The summed E-state index contributed by atoms with van der Waals surface area (Å²) in [5.74, 6) is -0.177. The van der Waals surface area contributed by atoms with Crippen molar-refractivity contribution in [3.8, 4) is 0 Å². The van der Waals surface area contributed by atoms with E-state index in [4.69, 9.17) is 0 Å². The van der Waals surface area contributed by atoms with Crippen molar-refractivity contribution < 1.29 is 9.59 Å². The van der Waals surface area contributed by atoms with E-state index in [1.165, 1.54) is 0 Å². The van der Waals surface area contributed by atoms with E-state index >= 15 is 0 Å². The number of hydrogen-bond donors (Lipinski definition) is 1. The molecule has 1 heterocycles. The molecule has 1 aliphatic carbocycles. The maximum Gasteiger partial charge on any atom is 0.251 e. The summed E-state index contributed by atoms with van der Waals surface area (Å²) >= 11 is 0. The number of fused-ring (bicyclic) bond motifs is 1. The number of rotatable bonds is 1. The Morgan fingerprint density at radius 1 is 1.35 bits per heavy atom. The zero-order valence-electron chi connectivity index (χ0n) is 12.4. The van der Waals surface area contributed by atoms with Gasteiger partial charge in [0.05, 0.1) is 5.71 Å². The highest BCUT2D eigenvalue weighted by molar-refractivity contribution is 6.11. The van der Waals surface area contributed by atoms with Crippen LogP contribution < -0.4 is 5.32 Å². The van der Waals surface area contributed by atoms with Gasteiger partial charge in [-0.05, 0) is 18.6 Å². The number of allylic oxidation sites excluding steroid dienone is 3. The van der Waals surface area contributed by atoms with Gasteiger partial charge in [-0.3, -0.25) is 9.59 Å². The smallest absolute Gasteiger partial charge is 0.251 e. The topological polar surface area (TPSA) is 58.5 Å².